The van der Waals surface area contributed by atoms with Crippen LogP contribution in [-0.4, -0.2) is 48.7 Å². The Labute approximate surface area is 223 Å². The highest BCUT2D eigenvalue weighted by Crippen LogP contribution is 2.33. The molecule has 0 unspecified atom stereocenters. The van der Waals surface area contributed by atoms with E-state index in [-0.39, 0.29) is 47.7 Å². The van der Waals surface area contributed by atoms with Gasteiger partial charge in [-0.1, -0.05) is 6.92 Å². The van der Waals surface area contributed by atoms with Gasteiger partial charge in [-0.25, -0.2) is 33.5 Å². The molecule has 1 saturated heterocycles. The monoisotopic (exact) mass is 551 g/mol. The molecule has 37 heavy (non-hydrogen) atoms. The van der Waals surface area contributed by atoms with Crippen LogP contribution in [-0.2, 0) is 6.42 Å². The Morgan fingerprint density at radius 2 is 1.78 bits per heavy atom. The largest absolute Gasteiger partial charge is 0.478 e. The molecular formula is C24H25Cl2F2N7O2. The Bertz CT molecular complexity index is 1390. The van der Waals surface area contributed by atoms with E-state index in [4.69, 9.17) is 5.11 Å². The Hall–Kier alpha value is -3.57. The zero-order valence-electron chi connectivity index (χ0n) is 19.8. The number of benzene rings is 1. The fourth-order valence-corrected chi connectivity index (χ4v) is 4.35. The number of aromatic nitrogens is 5. The van der Waals surface area contributed by atoms with Gasteiger partial charge in [0, 0.05) is 43.4 Å². The van der Waals surface area contributed by atoms with Gasteiger partial charge in [-0.15, -0.1) is 24.8 Å². The van der Waals surface area contributed by atoms with Gasteiger partial charge in [0.15, 0.2) is 5.82 Å². The van der Waals surface area contributed by atoms with Crippen molar-refractivity contribution in [3.63, 3.8) is 0 Å². The second-order valence-corrected chi connectivity index (χ2v) is 8.39. The van der Waals surface area contributed by atoms with Crippen molar-refractivity contribution in [2.24, 2.45) is 0 Å². The molecule has 1 aliphatic rings. The van der Waals surface area contributed by atoms with Crippen LogP contribution in [0.25, 0.3) is 11.0 Å². The lowest BCUT2D eigenvalue weighted by molar-refractivity contribution is 0.0692. The molecule has 4 aromatic rings. The normalized spacial score (nSPS) is 13.6. The number of aromatic carboxylic acids is 1. The molecule has 2 N–H and O–H groups in total. The Balaban J connectivity index is 0.00000190. The van der Waals surface area contributed by atoms with E-state index >= 15 is 4.39 Å². The third-order valence-electron chi connectivity index (χ3n) is 6.27. The van der Waals surface area contributed by atoms with Crippen molar-refractivity contribution in [1.82, 2.24) is 24.5 Å². The molecule has 1 aromatic carbocycles. The maximum absolute atomic E-state index is 15.1. The van der Waals surface area contributed by atoms with Crippen LogP contribution in [0, 0.1) is 11.6 Å². The number of aryl methyl sites for hydroxylation is 1. The molecule has 0 spiro atoms. The van der Waals surface area contributed by atoms with Gasteiger partial charge in [-0.3, -0.25) is 0 Å². The van der Waals surface area contributed by atoms with Gasteiger partial charge < -0.3 is 19.9 Å². The quantitative estimate of drug-likeness (QED) is 0.337. The van der Waals surface area contributed by atoms with Gasteiger partial charge in [0.05, 0.1) is 10.9 Å². The summed E-state index contributed by atoms with van der Waals surface area (Å²) in [6.07, 6.45) is 8.83. The van der Waals surface area contributed by atoms with E-state index in [0.717, 1.165) is 50.0 Å². The molecule has 4 heterocycles. The molecule has 1 aliphatic heterocycles. The van der Waals surface area contributed by atoms with Crippen LogP contribution in [0.15, 0.2) is 43.1 Å². The summed E-state index contributed by atoms with van der Waals surface area (Å²) in [5.74, 6) is -1.88. The van der Waals surface area contributed by atoms with E-state index in [1.807, 2.05) is 17.0 Å². The van der Waals surface area contributed by atoms with Gasteiger partial charge >= 0.3 is 5.97 Å². The highest BCUT2D eigenvalue weighted by Gasteiger charge is 2.26. The minimum Gasteiger partial charge on any atom is -0.478 e. The molecule has 9 nitrogen and oxygen atoms in total. The predicted molar refractivity (Wildman–Crippen MR) is 141 cm³/mol. The number of nitrogens with one attached hydrogen (secondary N) is 1. The fourth-order valence-electron chi connectivity index (χ4n) is 4.35. The van der Waals surface area contributed by atoms with Crippen molar-refractivity contribution in [2.45, 2.75) is 32.2 Å². The SMILES string of the molecule is CCc1cnc(N2CCC(n3cc(F)c4c(Nc5ccc(C(=O)O)c(F)c5)ncnc43)CC2)nc1.Cl.Cl. The minimum absolute atomic E-state index is 0. The number of halogens is 4. The Morgan fingerprint density at radius 3 is 2.41 bits per heavy atom. The molecule has 5 rings (SSSR count). The van der Waals surface area contributed by atoms with E-state index in [9.17, 15) is 9.18 Å². The molecule has 0 saturated carbocycles. The number of carboxylic acids is 1. The lowest BCUT2D eigenvalue weighted by Gasteiger charge is -2.32. The molecule has 1 fully saturated rings. The Kier molecular flexibility index (Phi) is 8.82. The summed E-state index contributed by atoms with van der Waals surface area (Å²) in [4.78, 5) is 30.5. The smallest absolute Gasteiger partial charge is 0.338 e. The van der Waals surface area contributed by atoms with Crippen LogP contribution in [0.5, 0.6) is 0 Å². The second-order valence-electron chi connectivity index (χ2n) is 8.39. The van der Waals surface area contributed by atoms with Crippen LogP contribution in [0.2, 0.25) is 0 Å². The number of anilines is 3. The molecule has 0 radical (unpaired) electrons. The number of fused-ring (bicyclic) bond motifs is 1. The van der Waals surface area contributed by atoms with Crippen molar-refractivity contribution in [3.05, 3.63) is 65.9 Å². The maximum atomic E-state index is 15.1. The molecule has 196 valence electrons. The van der Waals surface area contributed by atoms with Crippen LogP contribution in [0.4, 0.5) is 26.2 Å². The number of piperidine rings is 1. The highest BCUT2D eigenvalue weighted by atomic mass is 35.5. The van der Waals surface area contributed by atoms with Crippen LogP contribution in [0.1, 0.15) is 41.7 Å². The van der Waals surface area contributed by atoms with Gasteiger partial charge in [-0.05, 0) is 43.0 Å². The molecule has 3 aromatic heterocycles. The predicted octanol–water partition coefficient (Wildman–Crippen LogP) is 5.19. The molecular weight excluding hydrogens is 527 g/mol. The van der Waals surface area contributed by atoms with E-state index in [0.29, 0.717) is 11.6 Å². The summed E-state index contributed by atoms with van der Waals surface area (Å²) in [6.45, 7) is 3.51. The van der Waals surface area contributed by atoms with Crippen LogP contribution in [0.3, 0.4) is 0 Å². The van der Waals surface area contributed by atoms with Gasteiger partial charge in [0.2, 0.25) is 5.95 Å². The third kappa shape index (κ3) is 5.57. The number of nitrogens with zero attached hydrogens (tertiary/aromatic N) is 6. The number of hydrogen-bond donors (Lipinski definition) is 2. The summed E-state index contributed by atoms with van der Waals surface area (Å²) in [5, 5.41) is 12.1. The second kappa shape index (κ2) is 11.7. The first-order valence-electron chi connectivity index (χ1n) is 11.3. The van der Waals surface area contributed by atoms with Crippen LogP contribution >= 0.6 is 24.8 Å². The molecule has 0 bridgehead atoms. The average Bonchev–Trinajstić information content (AvgIpc) is 3.21. The minimum atomic E-state index is -1.36. The first-order valence-corrected chi connectivity index (χ1v) is 11.3. The molecule has 0 atom stereocenters. The topological polar surface area (TPSA) is 109 Å². The lowest BCUT2D eigenvalue weighted by atomic mass is 10.1. The molecule has 0 amide bonds. The summed E-state index contributed by atoms with van der Waals surface area (Å²) in [5.41, 5.74) is 1.33. The van der Waals surface area contributed by atoms with Crippen molar-refractivity contribution in [1.29, 1.82) is 0 Å². The number of carbonyl (C=O) groups is 1. The third-order valence-corrected chi connectivity index (χ3v) is 6.27. The maximum Gasteiger partial charge on any atom is 0.338 e. The highest BCUT2D eigenvalue weighted by molar-refractivity contribution is 5.91. The zero-order chi connectivity index (χ0) is 24.5. The number of carboxylic acid groups (broad SMARTS) is 1. The summed E-state index contributed by atoms with van der Waals surface area (Å²) < 4.78 is 31.0. The van der Waals surface area contributed by atoms with Gasteiger partial charge in [0.25, 0.3) is 0 Å². The van der Waals surface area contributed by atoms with Crippen molar-refractivity contribution in [3.8, 4) is 0 Å². The van der Waals surface area contributed by atoms with Crippen molar-refractivity contribution < 1.29 is 18.7 Å². The van der Waals surface area contributed by atoms with E-state index in [1.54, 1.807) is 0 Å². The number of rotatable bonds is 6. The van der Waals surface area contributed by atoms with E-state index < -0.39 is 23.2 Å². The van der Waals surface area contributed by atoms with Gasteiger partial charge in [-0.2, -0.15) is 0 Å². The standard InChI is InChI=1S/C24H23F2N7O2.2ClH/c1-2-14-10-27-24(28-11-14)32-7-5-16(6-8-32)33-12-19(26)20-21(29-13-30-22(20)33)31-15-3-4-17(23(34)35)18(25)9-15;;/h3-4,9-13,16H,2,5-8H2,1H3,(H,34,35)(H,29,30,31);2*1H. The first kappa shape index (κ1) is 28.0. The number of hydrogen-bond acceptors (Lipinski definition) is 7. The van der Waals surface area contributed by atoms with E-state index in [2.05, 4.69) is 37.1 Å². The van der Waals surface area contributed by atoms with Gasteiger partial charge in [0.1, 0.15) is 23.6 Å². The van der Waals surface area contributed by atoms with Crippen LogP contribution < -0.4 is 10.2 Å². The lowest BCUT2D eigenvalue weighted by Crippen LogP contribution is -2.35. The summed E-state index contributed by atoms with van der Waals surface area (Å²) in [6, 6.07) is 3.62. The first-order chi connectivity index (χ1) is 16.9. The molecule has 13 heteroatoms. The fraction of sp³-hybridized carbons (Fsp3) is 0.292. The summed E-state index contributed by atoms with van der Waals surface area (Å²) >= 11 is 0. The van der Waals surface area contributed by atoms with Crippen molar-refractivity contribution in [2.75, 3.05) is 23.3 Å². The molecule has 0 aliphatic carbocycles. The summed E-state index contributed by atoms with van der Waals surface area (Å²) in [7, 11) is 0. The van der Waals surface area contributed by atoms with Crippen molar-refractivity contribution >= 4 is 59.3 Å². The zero-order valence-corrected chi connectivity index (χ0v) is 21.4. The van der Waals surface area contributed by atoms with E-state index in [1.165, 1.54) is 18.6 Å². The average molecular weight is 552 g/mol. The Morgan fingerprint density at radius 1 is 1.08 bits per heavy atom.